The fraction of sp³-hybridized carbons (Fsp3) is 0.500. The van der Waals surface area contributed by atoms with Crippen LogP contribution in [0.3, 0.4) is 0 Å². The molecule has 1 N–H and O–H groups in total. The lowest BCUT2D eigenvalue weighted by molar-refractivity contribution is 0.134. The zero-order valence-electron chi connectivity index (χ0n) is 17.3. The van der Waals surface area contributed by atoms with E-state index in [2.05, 4.69) is 47.5 Å². The number of urea groups is 1. The van der Waals surface area contributed by atoms with Gasteiger partial charge in [0, 0.05) is 38.8 Å². The van der Waals surface area contributed by atoms with E-state index in [4.69, 9.17) is 4.74 Å². The molecule has 1 fully saturated rings. The standard InChI is InChI=1S/C22H31N3O2.ClH/c1-16(2)23-22(26)25-11-9-24(10-12-25)15-17(3)18-5-6-20-14-21(27-4)8-7-19(20)13-18;/h5-8,13-14,16-17H,9-12,15H2,1-4H3,(H,23,26);1H. The summed E-state index contributed by atoms with van der Waals surface area (Å²) < 4.78 is 5.31. The third kappa shape index (κ3) is 5.52. The van der Waals surface area contributed by atoms with Crippen LogP contribution in [0.2, 0.25) is 0 Å². The van der Waals surface area contributed by atoms with Crippen molar-refractivity contribution in [1.29, 1.82) is 0 Å². The first kappa shape index (κ1) is 22.3. The van der Waals surface area contributed by atoms with Gasteiger partial charge in [0.2, 0.25) is 0 Å². The molecule has 0 bridgehead atoms. The number of benzene rings is 2. The van der Waals surface area contributed by atoms with Gasteiger partial charge in [0.1, 0.15) is 5.75 Å². The Morgan fingerprint density at radius 2 is 1.68 bits per heavy atom. The largest absolute Gasteiger partial charge is 0.497 e. The van der Waals surface area contributed by atoms with E-state index in [9.17, 15) is 4.79 Å². The van der Waals surface area contributed by atoms with Crippen molar-refractivity contribution in [2.75, 3.05) is 39.8 Å². The lowest BCUT2D eigenvalue weighted by atomic mass is 9.97. The number of fused-ring (bicyclic) bond motifs is 1. The molecule has 3 rings (SSSR count). The van der Waals surface area contributed by atoms with E-state index < -0.39 is 0 Å². The van der Waals surface area contributed by atoms with E-state index >= 15 is 0 Å². The van der Waals surface area contributed by atoms with Crippen LogP contribution < -0.4 is 10.1 Å². The van der Waals surface area contributed by atoms with Crippen molar-refractivity contribution in [2.45, 2.75) is 32.7 Å². The molecule has 154 valence electrons. The number of piperazine rings is 1. The van der Waals surface area contributed by atoms with Gasteiger partial charge >= 0.3 is 6.03 Å². The third-order valence-electron chi connectivity index (χ3n) is 5.24. The molecule has 1 atom stereocenters. The molecule has 0 saturated carbocycles. The first-order valence-electron chi connectivity index (χ1n) is 9.81. The molecule has 0 spiro atoms. The highest BCUT2D eigenvalue weighted by atomic mass is 35.5. The maximum absolute atomic E-state index is 12.1. The van der Waals surface area contributed by atoms with Crippen LogP contribution in [0.15, 0.2) is 36.4 Å². The summed E-state index contributed by atoms with van der Waals surface area (Å²) in [5, 5.41) is 5.43. The first-order valence-corrected chi connectivity index (χ1v) is 9.81. The molecule has 1 aliphatic rings. The van der Waals surface area contributed by atoms with E-state index in [1.54, 1.807) is 7.11 Å². The molecule has 1 saturated heterocycles. The fourth-order valence-corrected chi connectivity index (χ4v) is 3.64. The van der Waals surface area contributed by atoms with Crippen molar-refractivity contribution in [2.24, 2.45) is 0 Å². The van der Waals surface area contributed by atoms with Gasteiger partial charge in [-0.3, -0.25) is 4.90 Å². The number of ether oxygens (including phenoxy) is 1. The average Bonchev–Trinajstić information content (AvgIpc) is 2.67. The average molecular weight is 406 g/mol. The van der Waals surface area contributed by atoms with Gasteiger partial charge in [0.25, 0.3) is 0 Å². The van der Waals surface area contributed by atoms with Crippen LogP contribution in [0.4, 0.5) is 4.79 Å². The number of carbonyl (C=O) groups excluding carboxylic acids is 1. The first-order chi connectivity index (χ1) is 13.0. The Morgan fingerprint density at radius 1 is 1.04 bits per heavy atom. The predicted molar refractivity (Wildman–Crippen MR) is 118 cm³/mol. The molecule has 1 heterocycles. The Morgan fingerprint density at radius 3 is 2.32 bits per heavy atom. The van der Waals surface area contributed by atoms with Crippen LogP contribution in [-0.2, 0) is 0 Å². The van der Waals surface area contributed by atoms with Crippen molar-refractivity contribution in [3.05, 3.63) is 42.0 Å². The van der Waals surface area contributed by atoms with Crippen LogP contribution in [0.1, 0.15) is 32.3 Å². The normalized spacial score (nSPS) is 16.0. The summed E-state index contributed by atoms with van der Waals surface area (Å²) >= 11 is 0. The lowest BCUT2D eigenvalue weighted by Crippen LogP contribution is -2.53. The second-order valence-electron chi connectivity index (χ2n) is 7.77. The van der Waals surface area contributed by atoms with Crippen LogP contribution in [-0.4, -0.2) is 61.7 Å². The highest BCUT2D eigenvalue weighted by Gasteiger charge is 2.22. The highest BCUT2D eigenvalue weighted by molar-refractivity contribution is 5.85. The van der Waals surface area contributed by atoms with Crippen molar-refractivity contribution in [3.8, 4) is 5.75 Å². The zero-order valence-corrected chi connectivity index (χ0v) is 18.1. The van der Waals surface area contributed by atoms with Crippen LogP contribution >= 0.6 is 12.4 Å². The summed E-state index contributed by atoms with van der Waals surface area (Å²) in [5.41, 5.74) is 1.35. The quantitative estimate of drug-likeness (QED) is 0.814. The van der Waals surface area contributed by atoms with Crippen molar-refractivity contribution in [3.63, 3.8) is 0 Å². The summed E-state index contributed by atoms with van der Waals surface area (Å²) in [4.78, 5) is 16.5. The molecule has 1 aliphatic heterocycles. The number of halogens is 1. The maximum Gasteiger partial charge on any atom is 0.317 e. The molecule has 0 radical (unpaired) electrons. The van der Waals surface area contributed by atoms with E-state index in [1.165, 1.54) is 16.3 Å². The Kier molecular flexibility index (Phi) is 7.96. The second-order valence-corrected chi connectivity index (χ2v) is 7.77. The molecule has 0 aliphatic carbocycles. The fourth-order valence-electron chi connectivity index (χ4n) is 3.64. The molecule has 5 nitrogen and oxygen atoms in total. The van der Waals surface area contributed by atoms with Crippen molar-refractivity contribution < 1.29 is 9.53 Å². The van der Waals surface area contributed by atoms with Gasteiger partial charge in [-0.15, -0.1) is 12.4 Å². The van der Waals surface area contributed by atoms with E-state index in [1.807, 2.05) is 24.8 Å². The number of hydrogen-bond acceptors (Lipinski definition) is 3. The van der Waals surface area contributed by atoms with Crippen LogP contribution in [0.5, 0.6) is 5.75 Å². The number of methoxy groups -OCH3 is 1. The second kappa shape index (κ2) is 9.99. The SMILES string of the molecule is COc1ccc2cc(C(C)CN3CCN(C(=O)NC(C)C)CC3)ccc2c1.Cl. The number of nitrogens with one attached hydrogen (secondary N) is 1. The van der Waals surface area contributed by atoms with E-state index in [0.29, 0.717) is 5.92 Å². The summed E-state index contributed by atoms with van der Waals surface area (Å²) in [5.74, 6) is 1.34. The molecular formula is C22H32ClN3O2. The molecule has 6 heteroatoms. The molecule has 0 aromatic heterocycles. The highest BCUT2D eigenvalue weighted by Crippen LogP contribution is 2.25. The molecule has 2 amide bonds. The van der Waals surface area contributed by atoms with Crippen LogP contribution in [0.25, 0.3) is 10.8 Å². The minimum Gasteiger partial charge on any atom is -0.497 e. The molecule has 28 heavy (non-hydrogen) atoms. The van der Waals surface area contributed by atoms with Gasteiger partial charge in [-0.2, -0.15) is 0 Å². The third-order valence-corrected chi connectivity index (χ3v) is 5.24. The van der Waals surface area contributed by atoms with Crippen molar-refractivity contribution >= 4 is 29.2 Å². The van der Waals surface area contributed by atoms with Gasteiger partial charge in [0.15, 0.2) is 0 Å². The minimum absolute atomic E-state index is 0. The van der Waals surface area contributed by atoms with Gasteiger partial charge < -0.3 is 15.0 Å². The zero-order chi connectivity index (χ0) is 19.4. The number of hydrogen-bond donors (Lipinski definition) is 1. The number of rotatable bonds is 5. The van der Waals surface area contributed by atoms with Crippen LogP contribution in [0, 0.1) is 0 Å². The van der Waals surface area contributed by atoms with Crippen molar-refractivity contribution in [1.82, 2.24) is 15.1 Å². The number of carbonyl (C=O) groups is 1. The van der Waals surface area contributed by atoms with E-state index in [-0.39, 0.29) is 24.5 Å². The molecule has 2 aromatic carbocycles. The monoisotopic (exact) mass is 405 g/mol. The summed E-state index contributed by atoms with van der Waals surface area (Å²) in [6.45, 7) is 10.7. The molecule has 1 unspecified atom stereocenters. The summed E-state index contributed by atoms with van der Waals surface area (Å²) in [7, 11) is 1.70. The Bertz CT molecular complexity index is 788. The topological polar surface area (TPSA) is 44.8 Å². The Hall–Kier alpha value is -1.98. The molecule has 2 aromatic rings. The summed E-state index contributed by atoms with van der Waals surface area (Å²) in [6.07, 6.45) is 0. The summed E-state index contributed by atoms with van der Waals surface area (Å²) in [6, 6.07) is 13.1. The van der Waals surface area contributed by atoms with Gasteiger partial charge in [0.05, 0.1) is 7.11 Å². The van der Waals surface area contributed by atoms with Gasteiger partial charge in [-0.05, 0) is 48.2 Å². The van der Waals surface area contributed by atoms with Gasteiger partial charge in [-0.1, -0.05) is 31.2 Å². The van der Waals surface area contributed by atoms with Gasteiger partial charge in [-0.25, -0.2) is 4.79 Å². The number of amides is 2. The molecular weight excluding hydrogens is 374 g/mol. The predicted octanol–water partition coefficient (Wildman–Crippen LogP) is 4.11. The lowest BCUT2D eigenvalue weighted by Gasteiger charge is -2.36. The smallest absolute Gasteiger partial charge is 0.317 e. The van der Waals surface area contributed by atoms with E-state index in [0.717, 1.165) is 38.5 Å². The minimum atomic E-state index is 0. The Labute approximate surface area is 174 Å². The Balaban J connectivity index is 0.00000280. The number of nitrogens with zero attached hydrogens (tertiary/aromatic N) is 2. The maximum atomic E-state index is 12.1.